The van der Waals surface area contributed by atoms with Crippen molar-refractivity contribution in [2.45, 2.75) is 6.61 Å². The Morgan fingerprint density at radius 3 is 2.70 bits per heavy atom. The predicted molar refractivity (Wildman–Crippen MR) is 102 cm³/mol. The summed E-state index contributed by atoms with van der Waals surface area (Å²) in [5.74, 6) is 0.648. The number of hydrogen-bond acceptors (Lipinski definition) is 3. The van der Waals surface area contributed by atoms with Crippen LogP contribution in [0.15, 0.2) is 72.5 Å². The van der Waals surface area contributed by atoms with Crippen LogP contribution < -0.4 is 9.47 Å². The fourth-order valence-electron chi connectivity index (χ4n) is 2.78. The summed E-state index contributed by atoms with van der Waals surface area (Å²) in [5, 5.41) is 0.538. The Labute approximate surface area is 160 Å². The molecule has 0 saturated carbocycles. The van der Waals surface area contributed by atoms with Crippen molar-refractivity contribution in [2.24, 2.45) is 0 Å². The molecule has 0 atom stereocenters. The second-order valence-corrected chi connectivity index (χ2v) is 6.45. The number of benzene rings is 3. The van der Waals surface area contributed by atoms with Gasteiger partial charge in [0.1, 0.15) is 23.9 Å². The molecule has 0 unspecified atom stereocenters. The number of halogens is 2. The number of fused-ring (bicyclic) bond motifs is 1. The van der Waals surface area contributed by atoms with E-state index in [4.69, 9.17) is 21.1 Å². The SMILES string of the molecule is O=C1/C(=C/c2ccccc2Cl)Oc2cc(OCc3cccc(F)c3)ccc21. The van der Waals surface area contributed by atoms with Crippen molar-refractivity contribution in [2.75, 3.05) is 0 Å². The molecule has 4 rings (SSSR count). The minimum Gasteiger partial charge on any atom is -0.489 e. The van der Waals surface area contributed by atoms with E-state index in [-0.39, 0.29) is 24.0 Å². The number of allylic oxidation sites excluding steroid dienone is 1. The van der Waals surface area contributed by atoms with E-state index in [1.807, 2.05) is 18.2 Å². The highest BCUT2D eigenvalue weighted by atomic mass is 35.5. The third-order valence-electron chi connectivity index (χ3n) is 4.13. The van der Waals surface area contributed by atoms with Crippen LogP contribution in [-0.4, -0.2) is 5.78 Å². The van der Waals surface area contributed by atoms with E-state index in [0.717, 1.165) is 0 Å². The van der Waals surface area contributed by atoms with E-state index in [2.05, 4.69) is 0 Å². The Bertz CT molecular complexity index is 1060. The van der Waals surface area contributed by atoms with Crippen LogP contribution in [0, 0.1) is 5.82 Å². The zero-order valence-corrected chi connectivity index (χ0v) is 14.9. The van der Waals surface area contributed by atoms with E-state index in [0.29, 0.717) is 33.2 Å². The molecule has 0 spiro atoms. The number of rotatable bonds is 4. The zero-order chi connectivity index (χ0) is 18.8. The molecular formula is C22H14ClFO3. The molecule has 134 valence electrons. The van der Waals surface area contributed by atoms with Gasteiger partial charge in [-0.3, -0.25) is 4.79 Å². The van der Waals surface area contributed by atoms with E-state index in [9.17, 15) is 9.18 Å². The number of hydrogen-bond donors (Lipinski definition) is 0. The Morgan fingerprint density at radius 1 is 1.04 bits per heavy atom. The van der Waals surface area contributed by atoms with Gasteiger partial charge in [0.25, 0.3) is 0 Å². The molecule has 0 aromatic heterocycles. The van der Waals surface area contributed by atoms with Crippen molar-refractivity contribution < 1.29 is 18.7 Å². The van der Waals surface area contributed by atoms with Crippen molar-refractivity contribution in [1.82, 2.24) is 0 Å². The summed E-state index contributed by atoms with van der Waals surface area (Å²) in [7, 11) is 0. The first-order valence-electron chi connectivity index (χ1n) is 8.30. The average Bonchev–Trinajstić information content (AvgIpc) is 2.97. The van der Waals surface area contributed by atoms with Crippen LogP contribution in [0.25, 0.3) is 6.08 Å². The first-order valence-corrected chi connectivity index (χ1v) is 8.68. The predicted octanol–water partition coefficient (Wildman–Crippen LogP) is 5.67. The largest absolute Gasteiger partial charge is 0.489 e. The maximum Gasteiger partial charge on any atom is 0.231 e. The van der Waals surface area contributed by atoms with Crippen molar-refractivity contribution in [3.05, 3.63) is 100 Å². The monoisotopic (exact) mass is 380 g/mol. The van der Waals surface area contributed by atoms with Gasteiger partial charge in [0, 0.05) is 11.1 Å². The van der Waals surface area contributed by atoms with E-state index >= 15 is 0 Å². The van der Waals surface area contributed by atoms with Crippen LogP contribution in [0.4, 0.5) is 4.39 Å². The highest BCUT2D eigenvalue weighted by Gasteiger charge is 2.27. The summed E-state index contributed by atoms with van der Waals surface area (Å²) in [6.07, 6.45) is 1.62. The van der Waals surface area contributed by atoms with Crippen LogP contribution in [-0.2, 0) is 6.61 Å². The van der Waals surface area contributed by atoms with E-state index < -0.39 is 0 Å². The molecule has 3 nitrogen and oxygen atoms in total. The van der Waals surface area contributed by atoms with Crippen molar-refractivity contribution in [3.63, 3.8) is 0 Å². The van der Waals surface area contributed by atoms with Gasteiger partial charge in [-0.2, -0.15) is 0 Å². The van der Waals surface area contributed by atoms with Gasteiger partial charge in [0.15, 0.2) is 5.76 Å². The molecule has 1 aliphatic rings. The lowest BCUT2D eigenvalue weighted by Crippen LogP contribution is -1.98. The lowest BCUT2D eigenvalue weighted by molar-refractivity contribution is 0.101. The first kappa shape index (κ1) is 17.3. The molecule has 27 heavy (non-hydrogen) atoms. The number of ether oxygens (including phenoxy) is 2. The highest BCUT2D eigenvalue weighted by molar-refractivity contribution is 6.32. The Hall–Kier alpha value is -3.11. The molecule has 0 N–H and O–H groups in total. The molecular weight excluding hydrogens is 367 g/mol. The molecule has 0 bridgehead atoms. The summed E-state index contributed by atoms with van der Waals surface area (Å²) in [6, 6.07) is 18.4. The van der Waals surface area contributed by atoms with Gasteiger partial charge in [-0.05, 0) is 47.5 Å². The van der Waals surface area contributed by atoms with Gasteiger partial charge >= 0.3 is 0 Å². The Morgan fingerprint density at radius 2 is 1.89 bits per heavy atom. The van der Waals surface area contributed by atoms with Gasteiger partial charge < -0.3 is 9.47 Å². The van der Waals surface area contributed by atoms with Crippen molar-refractivity contribution in [1.29, 1.82) is 0 Å². The molecule has 0 saturated heterocycles. The normalized spacial score (nSPS) is 14.1. The number of ketones is 1. The lowest BCUT2D eigenvalue weighted by atomic mass is 10.1. The standard InChI is InChI=1S/C22H14ClFO3/c23-19-7-2-1-5-15(19)11-21-22(25)18-9-8-17(12-20(18)27-21)26-13-14-4-3-6-16(24)10-14/h1-12H,13H2/b21-11-. The van der Waals surface area contributed by atoms with E-state index in [1.54, 1.807) is 42.5 Å². The van der Waals surface area contributed by atoms with Gasteiger partial charge in [0.2, 0.25) is 5.78 Å². The quantitative estimate of drug-likeness (QED) is 0.547. The number of carbonyl (C=O) groups excluding carboxylic acids is 1. The van der Waals surface area contributed by atoms with Crippen LogP contribution >= 0.6 is 11.6 Å². The zero-order valence-electron chi connectivity index (χ0n) is 14.1. The molecule has 1 aliphatic heterocycles. The lowest BCUT2D eigenvalue weighted by Gasteiger charge is -2.07. The number of carbonyl (C=O) groups is 1. The summed E-state index contributed by atoms with van der Waals surface area (Å²) >= 11 is 6.14. The van der Waals surface area contributed by atoms with E-state index in [1.165, 1.54) is 12.1 Å². The minimum absolute atomic E-state index is 0.207. The fraction of sp³-hybridized carbons (Fsp3) is 0.0455. The summed E-state index contributed by atoms with van der Waals surface area (Å²) in [4.78, 5) is 12.5. The molecule has 0 amide bonds. The third-order valence-corrected chi connectivity index (χ3v) is 4.47. The molecule has 0 fully saturated rings. The summed E-state index contributed by atoms with van der Waals surface area (Å²) < 4.78 is 24.6. The maximum absolute atomic E-state index is 13.2. The van der Waals surface area contributed by atoms with Crippen LogP contribution in [0.2, 0.25) is 5.02 Å². The van der Waals surface area contributed by atoms with Crippen molar-refractivity contribution in [3.8, 4) is 11.5 Å². The minimum atomic E-state index is -0.312. The van der Waals surface area contributed by atoms with Crippen molar-refractivity contribution >= 4 is 23.5 Å². The summed E-state index contributed by atoms with van der Waals surface area (Å²) in [6.45, 7) is 0.215. The highest BCUT2D eigenvalue weighted by Crippen LogP contribution is 2.35. The van der Waals surface area contributed by atoms with Crippen LogP contribution in [0.3, 0.4) is 0 Å². The fourth-order valence-corrected chi connectivity index (χ4v) is 2.97. The molecule has 5 heteroatoms. The molecule has 3 aromatic rings. The van der Waals surface area contributed by atoms with Gasteiger partial charge in [0.05, 0.1) is 5.56 Å². The molecule has 0 radical (unpaired) electrons. The topological polar surface area (TPSA) is 35.5 Å². The van der Waals surface area contributed by atoms with Gasteiger partial charge in [-0.25, -0.2) is 4.39 Å². The first-order chi connectivity index (χ1) is 13.1. The maximum atomic E-state index is 13.2. The molecule has 3 aromatic carbocycles. The van der Waals surface area contributed by atoms with Gasteiger partial charge in [-0.15, -0.1) is 0 Å². The average molecular weight is 381 g/mol. The molecule has 1 heterocycles. The Balaban J connectivity index is 1.53. The van der Waals surface area contributed by atoms with Crippen LogP contribution in [0.1, 0.15) is 21.5 Å². The summed E-state index contributed by atoms with van der Waals surface area (Å²) in [5.41, 5.74) is 1.89. The van der Waals surface area contributed by atoms with Gasteiger partial charge in [-0.1, -0.05) is 41.9 Å². The third kappa shape index (κ3) is 3.71. The Kier molecular flexibility index (Phi) is 4.65. The smallest absolute Gasteiger partial charge is 0.231 e. The second kappa shape index (κ2) is 7.25. The second-order valence-electron chi connectivity index (χ2n) is 6.04. The molecule has 0 aliphatic carbocycles. The number of Topliss-reactive ketones (excluding diaryl/α,β-unsaturated/α-hetero) is 1. The van der Waals surface area contributed by atoms with Crippen LogP contribution in [0.5, 0.6) is 11.5 Å².